The minimum absolute atomic E-state index is 0.0680. The highest BCUT2D eigenvalue weighted by molar-refractivity contribution is 7.89. The summed E-state index contributed by atoms with van der Waals surface area (Å²) in [6.45, 7) is 6.40. The highest BCUT2D eigenvalue weighted by atomic mass is 32.2. The monoisotopic (exact) mass is 287 g/mol. The van der Waals surface area contributed by atoms with E-state index in [-0.39, 0.29) is 10.9 Å². The normalized spacial score (nSPS) is 14.0. The number of nitrogens with zero attached hydrogens (tertiary/aromatic N) is 1. The molecule has 0 saturated carbocycles. The van der Waals surface area contributed by atoms with E-state index in [2.05, 4.69) is 18.6 Å². The molecule has 0 bridgehead atoms. The molecule has 5 nitrogen and oxygen atoms in total. The summed E-state index contributed by atoms with van der Waals surface area (Å²) >= 11 is 0. The third-order valence-corrected chi connectivity index (χ3v) is 5.23. The second kappa shape index (κ2) is 6.54. The van der Waals surface area contributed by atoms with E-state index in [1.807, 2.05) is 6.92 Å². The van der Waals surface area contributed by atoms with Crippen molar-refractivity contribution in [1.29, 1.82) is 0 Å². The zero-order valence-corrected chi connectivity index (χ0v) is 13.0. The summed E-state index contributed by atoms with van der Waals surface area (Å²) < 4.78 is 29.1. The fraction of sp³-hybridized carbons (Fsp3) is 0.692. The molecule has 19 heavy (non-hydrogen) atoms. The average Bonchev–Trinajstić information content (AvgIpc) is 2.72. The van der Waals surface area contributed by atoms with Crippen molar-refractivity contribution in [2.24, 2.45) is 18.7 Å². The Balaban J connectivity index is 2.91. The number of nitrogens with two attached hydrogens (primary N) is 1. The van der Waals surface area contributed by atoms with Crippen molar-refractivity contribution in [3.05, 3.63) is 18.0 Å². The Morgan fingerprint density at radius 2 is 1.95 bits per heavy atom. The van der Waals surface area contributed by atoms with Crippen molar-refractivity contribution in [2.45, 2.75) is 51.1 Å². The molecule has 0 aromatic carbocycles. The fourth-order valence-corrected chi connectivity index (χ4v) is 3.74. The van der Waals surface area contributed by atoms with Crippen LogP contribution in [0, 0.1) is 5.92 Å². The van der Waals surface area contributed by atoms with Crippen molar-refractivity contribution in [2.75, 3.05) is 0 Å². The lowest BCUT2D eigenvalue weighted by molar-refractivity contribution is 0.390. The van der Waals surface area contributed by atoms with Gasteiger partial charge in [-0.1, -0.05) is 26.7 Å². The molecule has 0 fully saturated rings. The van der Waals surface area contributed by atoms with E-state index in [0.29, 0.717) is 12.5 Å². The third kappa shape index (κ3) is 3.81. The summed E-state index contributed by atoms with van der Waals surface area (Å²) in [4.78, 5) is 0.285. The topological polar surface area (TPSA) is 77.1 Å². The Labute approximate surface area is 116 Å². The van der Waals surface area contributed by atoms with Crippen LogP contribution in [0.1, 0.15) is 39.3 Å². The molecule has 0 saturated heterocycles. The molecule has 3 N–H and O–H groups in total. The van der Waals surface area contributed by atoms with Crippen LogP contribution in [-0.2, 0) is 23.6 Å². The van der Waals surface area contributed by atoms with Gasteiger partial charge in [0.2, 0.25) is 10.0 Å². The highest BCUT2D eigenvalue weighted by Crippen LogP contribution is 2.17. The van der Waals surface area contributed by atoms with Crippen molar-refractivity contribution in [3.63, 3.8) is 0 Å². The predicted octanol–water partition coefficient (Wildman–Crippen LogP) is 1.59. The van der Waals surface area contributed by atoms with Crippen LogP contribution in [0.5, 0.6) is 0 Å². The van der Waals surface area contributed by atoms with Crippen LogP contribution in [0.25, 0.3) is 0 Å². The molecule has 0 spiro atoms. The molecule has 1 aromatic heterocycles. The van der Waals surface area contributed by atoms with Crippen molar-refractivity contribution < 1.29 is 8.42 Å². The van der Waals surface area contributed by atoms with Crippen molar-refractivity contribution >= 4 is 10.0 Å². The van der Waals surface area contributed by atoms with Gasteiger partial charge in [-0.25, -0.2) is 13.1 Å². The predicted molar refractivity (Wildman–Crippen MR) is 77.2 cm³/mol. The van der Waals surface area contributed by atoms with Gasteiger partial charge >= 0.3 is 0 Å². The summed E-state index contributed by atoms with van der Waals surface area (Å²) in [5.74, 6) is 0.354. The van der Waals surface area contributed by atoms with Crippen molar-refractivity contribution in [1.82, 2.24) is 9.29 Å². The van der Waals surface area contributed by atoms with Crippen LogP contribution in [0.2, 0.25) is 0 Å². The Kier molecular flexibility index (Phi) is 5.58. The number of nitrogens with one attached hydrogen (secondary N) is 1. The van der Waals surface area contributed by atoms with Gasteiger partial charge in [0.05, 0.1) is 4.90 Å². The van der Waals surface area contributed by atoms with Gasteiger partial charge in [0.15, 0.2) is 0 Å². The van der Waals surface area contributed by atoms with Crippen LogP contribution < -0.4 is 10.5 Å². The van der Waals surface area contributed by atoms with Crippen LogP contribution in [0.15, 0.2) is 17.2 Å². The summed E-state index contributed by atoms with van der Waals surface area (Å²) in [7, 11) is -1.67. The zero-order valence-electron chi connectivity index (χ0n) is 12.2. The summed E-state index contributed by atoms with van der Waals surface area (Å²) in [5.41, 5.74) is 6.37. The number of hydrogen-bond acceptors (Lipinski definition) is 3. The maximum absolute atomic E-state index is 12.3. The van der Waals surface area contributed by atoms with E-state index in [0.717, 1.165) is 18.5 Å². The minimum atomic E-state index is -3.46. The standard InChI is InChI=1S/C13H25N3O2S/c1-5-11(6-2)10(3)15-19(17,18)13-7-12(8-14)16(4)9-13/h7,9-11,15H,5-6,8,14H2,1-4H3. The van der Waals surface area contributed by atoms with E-state index >= 15 is 0 Å². The second-order valence-electron chi connectivity index (χ2n) is 4.97. The van der Waals surface area contributed by atoms with Gasteiger partial charge in [-0.15, -0.1) is 0 Å². The minimum Gasteiger partial charge on any atom is -0.352 e. The molecule has 0 aliphatic rings. The lowest BCUT2D eigenvalue weighted by Crippen LogP contribution is -2.37. The summed E-state index contributed by atoms with van der Waals surface area (Å²) in [6.07, 6.45) is 3.52. The molecule has 0 aliphatic carbocycles. The number of aromatic nitrogens is 1. The van der Waals surface area contributed by atoms with Gasteiger partial charge in [-0.05, 0) is 18.9 Å². The molecule has 0 radical (unpaired) electrons. The van der Waals surface area contributed by atoms with Crippen LogP contribution in [0.3, 0.4) is 0 Å². The first-order chi connectivity index (χ1) is 8.85. The molecular formula is C13H25N3O2S. The van der Waals surface area contributed by atoms with Crippen LogP contribution in [-0.4, -0.2) is 19.0 Å². The molecule has 6 heteroatoms. The Morgan fingerprint density at radius 1 is 1.37 bits per heavy atom. The maximum Gasteiger partial charge on any atom is 0.242 e. The van der Waals surface area contributed by atoms with Gasteiger partial charge in [0.1, 0.15) is 0 Å². The second-order valence-corrected chi connectivity index (χ2v) is 6.68. The van der Waals surface area contributed by atoms with Gasteiger partial charge in [-0.3, -0.25) is 0 Å². The maximum atomic E-state index is 12.3. The quantitative estimate of drug-likeness (QED) is 0.799. The lowest BCUT2D eigenvalue weighted by atomic mass is 9.96. The number of rotatable bonds is 7. The van der Waals surface area contributed by atoms with Gasteiger partial charge in [-0.2, -0.15) is 0 Å². The molecule has 1 aromatic rings. The first-order valence-corrected chi connectivity index (χ1v) is 8.21. The summed E-state index contributed by atoms with van der Waals surface area (Å²) in [6, 6.07) is 1.56. The van der Waals surface area contributed by atoms with Gasteiger partial charge < -0.3 is 10.3 Å². The van der Waals surface area contributed by atoms with E-state index in [1.165, 1.54) is 0 Å². The molecule has 0 amide bonds. The van der Waals surface area contributed by atoms with Crippen molar-refractivity contribution in [3.8, 4) is 0 Å². The van der Waals surface area contributed by atoms with E-state index in [9.17, 15) is 8.42 Å². The van der Waals surface area contributed by atoms with E-state index in [4.69, 9.17) is 5.73 Å². The molecule has 1 rings (SSSR count). The molecular weight excluding hydrogens is 262 g/mol. The highest BCUT2D eigenvalue weighted by Gasteiger charge is 2.23. The smallest absolute Gasteiger partial charge is 0.242 e. The van der Waals surface area contributed by atoms with Crippen LogP contribution in [0.4, 0.5) is 0 Å². The zero-order chi connectivity index (χ0) is 14.6. The summed E-state index contributed by atoms with van der Waals surface area (Å²) in [5, 5.41) is 0. The molecule has 1 atom stereocenters. The largest absolute Gasteiger partial charge is 0.352 e. The van der Waals surface area contributed by atoms with E-state index in [1.54, 1.807) is 23.9 Å². The third-order valence-electron chi connectivity index (χ3n) is 3.70. The fourth-order valence-electron chi connectivity index (χ4n) is 2.33. The number of sulfonamides is 1. The Morgan fingerprint density at radius 3 is 2.37 bits per heavy atom. The molecule has 1 unspecified atom stereocenters. The first-order valence-electron chi connectivity index (χ1n) is 6.73. The Hall–Kier alpha value is -0.850. The SMILES string of the molecule is CCC(CC)C(C)NS(=O)(=O)c1cc(CN)n(C)c1. The number of hydrogen-bond donors (Lipinski definition) is 2. The lowest BCUT2D eigenvalue weighted by Gasteiger charge is -2.21. The Bertz CT molecular complexity index is 504. The molecule has 1 heterocycles. The van der Waals surface area contributed by atoms with Gasteiger partial charge in [0, 0.05) is 31.5 Å². The number of aryl methyl sites for hydroxylation is 1. The van der Waals surface area contributed by atoms with E-state index < -0.39 is 10.0 Å². The molecule has 0 aliphatic heterocycles. The van der Waals surface area contributed by atoms with Crippen LogP contribution >= 0.6 is 0 Å². The van der Waals surface area contributed by atoms with Gasteiger partial charge in [0.25, 0.3) is 0 Å². The molecule has 110 valence electrons. The average molecular weight is 287 g/mol. The first kappa shape index (κ1) is 16.2.